The molecule has 0 bridgehead atoms. The van der Waals surface area contributed by atoms with Crippen molar-refractivity contribution in [3.8, 4) is 11.5 Å². The van der Waals surface area contributed by atoms with Gasteiger partial charge in [0.05, 0.1) is 0 Å². The van der Waals surface area contributed by atoms with E-state index in [0.29, 0.717) is 11.4 Å². The van der Waals surface area contributed by atoms with E-state index in [2.05, 4.69) is 5.32 Å². The number of benzene rings is 1. The number of nitrogens with one attached hydrogen (secondary N) is 1. The van der Waals surface area contributed by atoms with Crippen LogP contribution >= 0.6 is 11.6 Å². The van der Waals surface area contributed by atoms with Crippen LogP contribution in [0.15, 0.2) is 18.2 Å². The predicted octanol–water partition coefficient (Wildman–Crippen LogP) is 2.24. The molecule has 0 aliphatic heterocycles. The van der Waals surface area contributed by atoms with Gasteiger partial charge in [-0.1, -0.05) is 0 Å². The zero-order valence-electron chi connectivity index (χ0n) is 9.61. The van der Waals surface area contributed by atoms with Gasteiger partial charge < -0.3 is 15.5 Å². The highest BCUT2D eigenvalue weighted by Crippen LogP contribution is 2.24. The van der Waals surface area contributed by atoms with Crippen LogP contribution in [0.4, 0.5) is 0 Å². The second-order valence-electron chi connectivity index (χ2n) is 3.91. The molecule has 0 aromatic heterocycles. The maximum absolute atomic E-state index is 11.7. The number of alkyl halides is 1. The highest BCUT2D eigenvalue weighted by atomic mass is 35.5. The molecule has 0 saturated heterocycles. The highest BCUT2D eigenvalue weighted by molar-refractivity contribution is 6.17. The summed E-state index contributed by atoms with van der Waals surface area (Å²) in [6.45, 7) is 1.89. The Labute approximate surface area is 105 Å². The minimum atomic E-state index is -0.300. The molecule has 0 aliphatic carbocycles. The quantitative estimate of drug-likeness (QED) is 0.560. The van der Waals surface area contributed by atoms with E-state index >= 15 is 0 Å². The standard InChI is InChI=1S/C12H16ClNO3/c1-8(3-2-6-13)14-12(17)9-4-5-10(15)11(16)7-9/h4-5,7-8,15-16H,2-3,6H2,1H3,(H,14,17). The van der Waals surface area contributed by atoms with Crippen LogP contribution in [0.5, 0.6) is 11.5 Å². The molecule has 1 rings (SSSR count). The van der Waals surface area contributed by atoms with Crippen LogP contribution in [0.3, 0.4) is 0 Å². The molecule has 0 heterocycles. The van der Waals surface area contributed by atoms with Crippen molar-refractivity contribution < 1.29 is 15.0 Å². The van der Waals surface area contributed by atoms with Crippen molar-refractivity contribution >= 4 is 17.5 Å². The predicted molar refractivity (Wildman–Crippen MR) is 66.7 cm³/mol. The van der Waals surface area contributed by atoms with Gasteiger partial charge in [0.1, 0.15) is 0 Å². The summed E-state index contributed by atoms with van der Waals surface area (Å²) < 4.78 is 0. The molecule has 1 aromatic carbocycles. The Morgan fingerprint density at radius 1 is 1.41 bits per heavy atom. The minimum Gasteiger partial charge on any atom is -0.504 e. The van der Waals surface area contributed by atoms with E-state index in [9.17, 15) is 9.90 Å². The number of hydrogen-bond acceptors (Lipinski definition) is 3. The molecule has 0 spiro atoms. The average molecular weight is 258 g/mol. The lowest BCUT2D eigenvalue weighted by atomic mass is 10.1. The maximum Gasteiger partial charge on any atom is 0.251 e. The Balaban J connectivity index is 2.60. The van der Waals surface area contributed by atoms with E-state index < -0.39 is 0 Å². The summed E-state index contributed by atoms with van der Waals surface area (Å²) in [5, 5.41) is 21.2. The third-order valence-electron chi connectivity index (χ3n) is 2.39. The molecule has 1 atom stereocenters. The number of phenols is 2. The number of amides is 1. The fourth-order valence-electron chi connectivity index (χ4n) is 1.43. The van der Waals surface area contributed by atoms with Gasteiger partial charge >= 0.3 is 0 Å². The van der Waals surface area contributed by atoms with Gasteiger partial charge in [0, 0.05) is 17.5 Å². The second kappa shape index (κ2) is 6.35. The smallest absolute Gasteiger partial charge is 0.251 e. The van der Waals surface area contributed by atoms with Crippen LogP contribution in [0.1, 0.15) is 30.1 Å². The van der Waals surface area contributed by atoms with Crippen molar-refractivity contribution in [2.75, 3.05) is 5.88 Å². The number of hydrogen-bond donors (Lipinski definition) is 3. The number of halogens is 1. The summed E-state index contributed by atoms with van der Waals surface area (Å²) in [5.41, 5.74) is 0.318. The second-order valence-corrected chi connectivity index (χ2v) is 4.29. The SMILES string of the molecule is CC(CCCCl)NC(=O)c1ccc(O)c(O)c1. The minimum absolute atomic E-state index is 0.0252. The van der Waals surface area contributed by atoms with Crippen molar-refractivity contribution in [3.63, 3.8) is 0 Å². The van der Waals surface area contributed by atoms with Crippen molar-refractivity contribution in [1.29, 1.82) is 0 Å². The van der Waals surface area contributed by atoms with Gasteiger partial charge in [-0.15, -0.1) is 11.6 Å². The number of rotatable bonds is 5. The molecule has 0 fully saturated rings. The molecule has 0 aliphatic rings. The molecule has 5 heteroatoms. The van der Waals surface area contributed by atoms with Crippen LogP contribution in [-0.4, -0.2) is 28.0 Å². The molecule has 3 N–H and O–H groups in total. The third kappa shape index (κ3) is 4.15. The van der Waals surface area contributed by atoms with Gasteiger partial charge in [0.15, 0.2) is 11.5 Å². The molecule has 0 radical (unpaired) electrons. The van der Waals surface area contributed by atoms with Gasteiger partial charge in [-0.3, -0.25) is 4.79 Å². The third-order valence-corrected chi connectivity index (χ3v) is 2.65. The summed E-state index contributed by atoms with van der Waals surface area (Å²) in [6, 6.07) is 4.00. The van der Waals surface area contributed by atoms with Crippen LogP contribution in [0.2, 0.25) is 0 Å². The zero-order valence-corrected chi connectivity index (χ0v) is 10.4. The van der Waals surface area contributed by atoms with Crippen molar-refractivity contribution in [2.45, 2.75) is 25.8 Å². The van der Waals surface area contributed by atoms with E-state index in [1.54, 1.807) is 0 Å². The van der Waals surface area contributed by atoms with Gasteiger partial charge in [-0.25, -0.2) is 0 Å². The molecule has 94 valence electrons. The Hall–Kier alpha value is -1.42. The highest BCUT2D eigenvalue weighted by Gasteiger charge is 2.11. The van der Waals surface area contributed by atoms with Crippen molar-refractivity contribution in [3.05, 3.63) is 23.8 Å². The Kier molecular flexibility index (Phi) is 5.10. The summed E-state index contributed by atoms with van der Waals surface area (Å²) in [4.78, 5) is 11.7. The Morgan fingerprint density at radius 2 is 2.12 bits per heavy atom. The molecule has 0 saturated carbocycles. The Bertz CT molecular complexity index is 395. The van der Waals surface area contributed by atoms with Crippen LogP contribution in [-0.2, 0) is 0 Å². The number of aromatic hydroxyl groups is 2. The monoisotopic (exact) mass is 257 g/mol. The molecule has 1 amide bonds. The first-order chi connectivity index (χ1) is 8.04. The first-order valence-corrected chi connectivity index (χ1v) is 5.97. The largest absolute Gasteiger partial charge is 0.504 e. The molecular formula is C12H16ClNO3. The zero-order chi connectivity index (χ0) is 12.8. The topological polar surface area (TPSA) is 69.6 Å². The summed E-state index contributed by atoms with van der Waals surface area (Å²) in [6.07, 6.45) is 1.64. The van der Waals surface area contributed by atoms with Gasteiger partial charge in [-0.05, 0) is 38.0 Å². The number of carbonyl (C=O) groups excluding carboxylic acids is 1. The first-order valence-electron chi connectivity index (χ1n) is 5.43. The summed E-state index contributed by atoms with van der Waals surface area (Å²) in [7, 11) is 0. The van der Waals surface area contributed by atoms with Crippen LogP contribution in [0, 0.1) is 0 Å². The van der Waals surface area contributed by atoms with Gasteiger partial charge in [0.2, 0.25) is 0 Å². The van der Waals surface area contributed by atoms with Gasteiger partial charge in [0.25, 0.3) is 5.91 Å². The molecule has 4 nitrogen and oxygen atoms in total. The summed E-state index contributed by atoms with van der Waals surface area (Å²) >= 11 is 5.56. The number of phenolic OH excluding ortho intramolecular Hbond substituents is 2. The van der Waals surface area contributed by atoms with E-state index in [1.807, 2.05) is 6.92 Å². The van der Waals surface area contributed by atoms with Crippen molar-refractivity contribution in [2.24, 2.45) is 0 Å². The Morgan fingerprint density at radius 3 is 2.71 bits per heavy atom. The summed E-state index contributed by atoms with van der Waals surface area (Å²) in [5.74, 6) is -0.245. The maximum atomic E-state index is 11.7. The van der Waals surface area contributed by atoms with E-state index in [4.69, 9.17) is 16.7 Å². The molecule has 1 aromatic rings. The normalized spacial score (nSPS) is 12.1. The molecule has 17 heavy (non-hydrogen) atoms. The average Bonchev–Trinajstić information content (AvgIpc) is 2.30. The fourth-order valence-corrected chi connectivity index (χ4v) is 1.58. The lowest BCUT2D eigenvalue weighted by Gasteiger charge is -2.13. The lowest BCUT2D eigenvalue weighted by molar-refractivity contribution is 0.0938. The lowest BCUT2D eigenvalue weighted by Crippen LogP contribution is -2.32. The van der Waals surface area contributed by atoms with E-state index in [0.717, 1.165) is 12.8 Å². The first kappa shape index (κ1) is 13.6. The van der Waals surface area contributed by atoms with Crippen LogP contribution < -0.4 is 5.32 Å². The van der Waals surface area contributed by atoms with Crippen molar-refractivity contribution in [1.82, 2.24) is 5.32 Å². The van der Waals surface area contributed by atoms with E-state index in [-0.39, 0.29) is 23.4 Å². The number of carbonyl (C=O) groups is 1. The molecular weight excluding hydrogens is 242 g/mol. The van der Waals surface area contributed by atoms with Crippen LogP contribution in [0.25, 0.3) is 0 Å². The van der Waals surface area contributed by atoms with Gasteiger partial charge in [-0.2, -0.15) is 0 Å². The molecule has 1 unspecified atom stereocenters. The van der Waals surface area contributed by atoms with E-state index in [1.165, 1.54) is 18.2 Å². The fraction of sp³-hybridized carbons (Fsp3) is 0.417.